The molecule has 0 aliphatic heterocycles. The molecule has 3 aromatic rings. The minimum Gasteiger partial charge on any atom is -0.508 e. The summed E-state index contributed by atoms with van der Waals surface area (Å²) in [6.07, 6.45) is 8.88. The van der Waals surface area contributed by atoms with Crippen molar-refractivity contribution >= 4 is 41.1 Å². The minimum atomic E-state index is -0.677. The third-order valence-electron chi connectivity index (χ3n) is 5.39. The lowest BCUT2D eigenvalue weighted by Gasteiger charge is -2.00. The van der Waals surface area contributed by atoms with Crippen LogP contribution in [-0.4, -0.2) is 48.8 Å². The second-order valence-corrected chi connectivity index (χ2v) is 8.39. The maximum absolute atomic E-state index is 11.9. The molecular weight excluding hydrogens is 564 g/mol. The van der Waals surface area contributed by atoms with Gasteiger partial charge in [-0.25, -0.2) is 0 Å². The third kappa shape index (κ3) is 9.65. The van der Waals surface area contributed by atoms with E-state index in [0.717, 1.165) is 30.3 Å². The van der Waals surface area contributed by atoms with Crippen LogP contribution in [0.2, 0.25) is 0 Å². The number of benzene rings is 3. The molecule has 0 fully saturated rings. The number of carbonyl (C=O) groups is 4. The third-order valence-corrected chi connectivity index (χ3v) is 5.39. The van der Waals surface area contributed by atoms with Crippen molar-refractivity contribution in [3.05, 3.63) is 134 Å². The Kier molecular flexibility index (Phi) is 11.8. The maximum atomic E-state index is 11.9. The molecule has 0 heterocycles. The van der Waals surface area contributed by atoms with Crippen molar-refractivity contribution in [3.8, 4) is 17.2 Å². The molecule has 0 radical (unpaired) electrons. The molecule has 13 heteroatoms. The summed E-state index contributed by atoms with van der Waals surface area (Å²) < 4.78 is 0. The van der Waals surface area contributed by atoms with Crippen molar-refractivity contribution in [1.29, 1.82) is 0 Å². The number of para-hydroxylation sites is 1. The van der Waals surface area contributed by atoms with E-state index in [9.17, 15) is 49.6 Å². The number of ketones is 3. The van der Waals surface area contributed by atoms with Crippen LogP contribution in [0.5, 0.6) is 17.2 Å². The van der Waals surface area contributed by atoms with Gasteiger partial charge in [0.25, 0.3) is 17.2 Å². The number of Topliss-reactive ketones (excluding diaryl/α,β-unsaturated/α-hetero) is 2. The smallest absolute Gasteiger partial charge is 0.296 e. The minimum absolute atomic E-state index is 0.0940. The van der Waals surface area contributed by atoms with E-state index in [4.69, 9.17) is 5.11 Å². The summed E-state index contributed by atoms with van der Waals surface area (Å²) in [5.74, 6) is -1.35. The van der Waals surface area contributed by atoms with Crippen LogP contribution in [0, 0.1) is 26.6 Å². The van der Waals surface area contributed by atoms with E-state index in [-0.39, 0.29) is 62.5 Å². The first kappa shape index (κ1) is 32.8. The molecule has 13 nitrogen and oxygen atoms in total. The second kappa shape index (κ2) is 15.4. The first-order chi connectivity index (χ1) is 20.3. The van der Waals surface area contributed by atoms with E-state index in [2.05, 4.69) is 0 Å². The molecule has 1 aliphatic rings. The highest BCUT2D eigenvalue weighted by Gasteiger charge is 2.23. The number of carbonyl (C=O) groups excluding carboxylic acids is 4. The van der Waals surface area contributed by atoms with Gasteiger partial charge in [0.05, 0.1) is 45.1 Å². The summed E-state index contributed by atoms with van der Waals surface area (Å²) in [7, 11) is 0. The van der Waals surface area contributed by atoms with Crippen molar-refractivity contribution in [2.75, 3.05) is 0 Å². The zero-order chi connectivity index (χ0) is 32.1. The number of aromatic hydroxyl groups is 3. The zero-order valence-electron chi connectivity index (χ0n) is 22.3. The Balaban J connectivity index is 0.000000248. The van der Waals surface area contributed by atoms with Crippen LogP contribution in [0.4, 0.5) is 11.4 Å². The molecule has 0 amide bonds. The average molecular weight is 588 g/mol. The van der Waals surface area contributed by atoms with Gasteiger partial charge in [0.2, 0.25) is 5.78 Å². The van der Waals surface area contributed by atoms with Crippen molar-refractivity contribution in [2.45, 2.75) is 6.92 Å². The SMILES string of the molecule is CC(=O)C1=CC=C[CH+]C1=O.O=C(/C=C/c1cc(O)ccc1[N+](=O)[O-])c1ccccc1O.O=Cc1cc(O)ccc1[N+](=O)[O-]. The highest BCUT2D eigenvalue weighted by atomic mass is 16.6. The molecule has 218 valence electrons. The second-order valence-electron chi connectivity index (χ2n) is 8.39. The van der Waals surface area contributed by atoms with Crippen molar-refractivity contribution < 1.29 is 44.3 Å². The summed E-state index contributed by atoms with van der Waals surface area (Å²) in [4.78, 5) is 63.5. The molecule has 3 aromatic carbocycles. The summed E-state index contributed by atoms with van der Waals surface area (Å²) in [6, 6.07) is 12.8. The molecule has 0 saturated heterocycles. The number of hydrogen-bond donors (Lipinski definition) is 3. The Morgan fingerprint density at radius 3 is 1.91 bits per heavy atom. The molecular formula is C30H23N2O11+. The van der Waals surface area contributed by atoms with E-state index in [0.29, 0.717) is 6.29 Å². The Bertz CT molecular complexity index is 1670. The molecule has 0 aromatic heterocycles. The molecule has 1 aliphatic carbocycles. The van der Waals surface area contributed by atoms with Gasteiger partial charge in [-0.3, -0.25) is 39.4 Å². The highest BCUT2D eigenvalue weighted by molar-refractivity contribution is 6.23. The van der Waals surface area contributed by atoms with Gasteiger partial charge in [-0.15, -0.1) is 0 Å². The molecule has 3 N–H and O–H groups in total. The van der Waals surface area contributed by atoms with Crippen LogP contribution in [0.15, 0.2) is 90.5 Å². The van der Waals surface area contributed by atoms with Crippen LogP contribution in [0.1, 0.15) is 33.2 Å². The molecule has 43 heavy (non-hydrogen) atoms. The van der Waals surface area contributed by atoms with Crippen LogP contribution >= 0.6 is 0 Å². The lowest BCUT2D eigenvalue weighted by molar-refractivity contribution is -0.385. The van der Waals surface area contributed by atoms with E-state index in [1.807, 2.05) is 0 Å². The fourth-order valence-electron chi connectivity index (χ4n) is 3.34. The number of rotatable bonds is 7. The average Bonchev–Trinajstić information content (AvgIpc) is 2.96. The zero-order valence-corrected chi connectivity index (χ0v) is 22.3. The van der Waals surface area contributed by atoms with Gasteiger partial charge in [0.15, 0.2) is 17.6 Å². The Labute approximate surface area is 243 Å². The molecule has 0 atom stereocenters. The summed E-state index contributed by atoms with van der Waals surface area (Å²) in [5.41, 5.74) is -0.195. The van der Waals surface area contributed by atoms with E-state index >= 15 is 0 Å². The van der Waals surface area contributed by atoms with E-state index in [1.54, 1.807) is 24.3 Å². The lowest BCUT2D eigenvalue weighted by atomic mass is 10.0. The Morgan fingerprint density at radius 2 is 1.42 bits per heavy atom. The molecule has 0 spiro atoms. The number of aldehydes is 1. The number of allylic oxidation sites excluding steroid dienone is 5. The monoisotopic (exact) mass is 587 g/mol. The maximum Gasteiger partial charge on any atom is 0.296 e. The van der Waals surface area contributed by atoms with Crippen molar-refractivity contribution in [1.82, 2.24) is 0 Å². The Morgan fingerprint density at radius 1 is 0.860 bits per heavy atom. The summed E-state index contributed by atoms with van der Waals surface area (Å²) >= 11 is 0. The van der Waals surface area contributed by atoms with Gasteiger partial charge in [-0.1, -0.05) is 12.1 Å². The van der Waals surface area contributed by atoms with Gasteiger partial charge < -0.3 is 15.3 Å². The quantitative estimate of drug-likeness (QED) is 0.0645. The number of phenols is 3. The predicted octanol–water partition coefficient (Wildman–Crippen LogP) is 4.86. The van der Waals surface area contributed by atoms with Crippen molar-refractivity contribution in [2.24, 2.45) is 0 Å². The van der Waals surface area contributed by atoms with Crippen LogP contribution in [0.3, 0.4) is 0 Å². The van der Waals surface area contributed by atoms with Gasteiger partial charge in [0.1, 0.15) is 17.2 Å². The lowest BCUT2D eigenvalue weighted by Crippen LogP contribution is -2.11. The molecule has 0 saturated carbocycles. The van der Waals surface area contributed by atoms with Crippen LogP contribution < -0.4 is 0 Å². The highest BCUT2D eigenvalue weighted by Crippen LogP contribution is 2.25. The first-order valence-corrected chi connectivity index (χ1v) is 12.0. The van der Waals surface area contributed by atoms with E-state index in [1.165, 1.54) is 49.8 Å². The molecule has 0 bridgehead atoms. The standard InChI is InChI=1S/C15H11NO5.C8H7O2.C7H5NO4/c17-11-6-7-13(16(20)21)10(9-11)5-8-15(19)12-3-1-2-4-14(12)18;1-6(9)7-4-2-3-5-8(7)10;9-4-5-3-6(10)1-2-7(5)8(11)12/h1-9,17-18H;2-5H,1H3;1-4,10H/q;+1;/b8-5+;;. The summed E-state index contributed by atoms with van der Waals surface area (Å²) in [6.45, 7) is 1.39. The summed E-state index contributed by atoms with van der Waals surface area (Å²) in [5, 5.41) is 48.9. The van der Waals surface area contributed by atoms with Crippen molar-refractivity contribution in [3.63, 3.8) is 0 Å². The number of nitro groups is 2. The van der Waals surface area contributed by atoms with Crippen LogP contribution in [-0.2, 0) is 9.59 Å². The fourth-order valence-corrected chi connectivity index (χ4v) is 3.34. The molecule has 4 rings (SSSR count). The van der Waals surface area contributed by atoms with Gasteiger partial charge in [-0.05, 0) is 48.6 Å². The first-order valence-electron chi connectivity index (χ1n) is 12.0. The number of nitrogens with zero attached hydrogens (tertiary/aromatic N) is 2. The predicted molar refractivity (Wildman–Crippen MR) is 154 cm³/mol. The topological polar surface area (TPSA) is 215 Å². The van der Waals surface area contributed by atoms with E-state index < -0.39 is 15.6 Å². The number of hydrogen-bond acceptors (Lipinski definition) is 11. The largest absolute Gasteiger partial charge is 0.508 e. The number of phenolic OH excluding ortho intramolecular Hbond substituents is 3. The van der Waals surface area contributed by atoms with Gasteiger partial charge in [-0.2, -0.15) is 0 Å². The normalized spacial score (nSPS) is 11.6. The van der Waals surface area contributed by atoms with Gasteiger partial charge in [0, 0.05) is 25.1 Å². The number of nitro benzene ring substituents is 2. The Hall–Kier alpha value is -6.37. The van der Waals surface area contributed by atoms with Gasteiger partial charge >= 0.3 is 0 Å². The van der Waals surface area contributed by atoms with Crippen LogP contribution in [0.25, 0.3) is 6.08 Å². The molecule has 0 unspecified atom stereocenters. The fraction of sp³-hybridized carbons (Fsp3) is 0.0333.